The minimum absolute atomic E-state index is 0.120. The molecule has 1 aromatic heterocycles. The Labute approximate surface area is 224 Å². The Morgan fingerprint density at radius 2 is 1.68 bits per heavy atom. The molecule has 2 aliphatic rings. The number of rotatable bonds is 3. The van der Waals surface area contributed by atoms with Crippen molar-refractivity contribution in [3.8, 4) is 11.4 Å². The Morgan fingerprint density at radius 1 is 0.947 bits per heavy atom. The zero-order valence-corrected chi connectivity index (χ0v) is 21.3. The number of aromatic nitrogens is 2. The quantitative estimate of drug-likeness (QED) is 0.180. The van der Waals surface area contributed by atoms with Crippen molar-refractivity contribution in [2.24, 2.45) is 0 Å². The molecular weight excluding hydrogens is 494 g/mol. The van der Waals surface area contributed by atoms with Crippen LogP contribution in [0.15, 0.2) is 84.9 Å². The summed E-state index contributed by atoms with van der Waals surface area (Å²) < 4.78 is 7.50. The van der Waals surface area contributed by atoms with Crippen LogP contribution in [0.2, 0.25) is 0 Å². The van der Waals surface area contributed by atoms with E-state index in [1.165, 1.54) is 0 Å². The molecule has 0 atom stereocenters. The van der Waals surface area contributed by atoms with Gasteiger partial charge in [-0.1, -0.05) is 54.6 Å². The number of benzene rings is 3. The molecule has 0 bridgehead atoms. The number of para-hydroxylation sites is 2. The molecule has 2 heterocycles. The molecule has 5 N–H and O–H groups in total. The van der Waals surface area contributed by atoms with E-state index in [2.05, 4.69) is 5.32 Å². The number of allylic oxidation sites excluding steroid dienone is 4. The second-order valence-corrected chi connectivity index (χ2v) is 9.25. The van der Waals surface area contributed by atoms with Gasteiger partial charge in [0.1, 0.15) is 17.4 Å². The van der Waals surface area contributed by atoms with Crippen molar-refractivity contribution < 1.29 is 9.53 Å². The van der Waals surface area contributed by atoms with Crippen molar-refractivity contribution >= 4 is 58.2 Å². The third kappa shape index (κ3) is 3.79. The van der Waals surface area contributed by atoms with E-state index in [-0.39, 0.29) is 10.6 Å². The van der Waals surface area contributed by atoms with Crippen molar-refractivity contribution in [2.45, 2.75) is 0 Å². The monoisotopic (exact) mass is 517 g/mol. The molecular formula is C30H23N5O2S. The molecule has 8 heteroatoms. The SMILES string of the molecule is COc1ccccc1-n1c(N)c2c(nc1=S)NC(c1ccc(N)cc1)=C/C2=C1\C(=O)C=Cc2ccccc21. The normalized spacial score (nSPS) is 15.8. The van der Waals surface area contributed by atoms with Crippen LogP contribution in [-0.2, 0) is 4.79 Å². The highest BCUT2D eigenvalue weighted by atomic mass is 32.1. The second-order valence-electron chi connectivity index (χ2n) is 8.89. The Balaban J connectivity index is 1.69. The molecule has 3 aromatic carbocycles. The van der Waals surface area contributed by atoms with E-state index >= 15 is 0 Å². The average Bonchev–Trinajstić information content (AvgIpc) is 2.93. The summed E-state index contributed by atoms with van der Waals surface area (Å²) in [7, 11) is 1.59. The van der Waals surface area contributed by atoms with Crippen molar-refractivity contribution in [3.63, 3.8) is 0 Å². The fourth-order valence-electron chi connectivity index (χ4n) is 4.87. The first-order valence-corrected chi connectivity index (χ1v) is 12.3. The summed E-state index contributed by atoms with van der Waals surface area (Å²) in [4.78, 5) is 18.2. The van der Waals surface area contributed by atoms with Gasteiger partial charge in [0.2, 0.25) is 4.77 Å². The van der Waals surface area contributed by atoms with Gasteiger partial charge in [0.05, 0.1) is 18.4 Å². The topological polar surface area (TPSA) is 108 Å². The number of hydrogen-bond donors (Lipinski definition) is 3. The highest BCUT2D eigenvalue weighted by molar-refractivity contribution is 7.71. The van der Waals surface area contributed by atoms with E-state index in [0.29, 0.717) is 45.5 Å². The summed E-state index contributed by atoms with van der Waals surface area (Å²) in [5.74, 6) is 1.28. The molecule has 6 rings (SSSR count). The molecule has 4 aromatic rings. The summed E-state index contributed by atoms with van der Waals surface area (Å²) in [6, 6.07) is 22.7. The number of nitrogens with zero attached hydrogens (tertiary/aromatic N) is 2. The van der Waals surface area contributed by atoms with E-state index in [0.717, 1.165) is 22.4 Å². The van der Waals surface area contributed by atoms with E-state index in [4.69, 9.17) is 33.4 Å². The maximum Gasteiger partial charge on any atom is 0.207 e. The standard InChI is InChI=1S/C30H23N5O2S/c1-37-25-9-5-4-8-23(25)35-28(32)27-21(26-20-7-3-2-6-17(20)12-15-24(26)36)16-22(33-29(27)34-30(35)38)18-10-13-19(31)14-11-18/h2-16H,31-32H2,1H3,(H,33,34,38)/b26-21+. The largest absolute Gasteiger partial charge is 0.495 e. The predicted molar refractivity (Wildman–Crippen MR) is 155 cm³/mol. The molecule has 0 saturated carbocycles. The fraction of sp³-hybridized carbons (Fsp3) is 0.0333. The lowest BCUT2D eigenvalue weighted by Crippen LogP contribution is -2.19. The van der Waals surface area contributed by atoms with Gasteiger partial charge in [-0.2, -0.15) is 0 Å². The maximum atomic E-state index is 13.5. The van der Waals surface area contributed by atoms with E-state index in [9.17, 15) is 4.79 Å². The molecule has 38 heavy (non-hydrogen) atoms. The van der Waals surface area contributed by atoms with Gasteiger partial charge in [-0.15, -0.1) is 0 Å². The van der Waals surface area contributed by atoms with Crippen LogP contribution in [0.25, 0.3) is 28.6 Å². The minimum atomic E-state index is -0.120. The molecule has 1 aliphatic heterocycles. The zero-order chi connectivity index (χ0) is 26.4. The van der Waals surface area contributed by atoms with Gasteiger partial charge >= 0.3 is 0 Å². The number of carbonyl (C=O) groups excluding carboxylic acids is 1. The van der Waals surface area contributed by atoms with Gasteiger partial charge in [0, 0.05) is 22.5 Å². The Bertz CT molecular complexity index is 1780. The summed E-state index contributed by atoms with van der Waals surface area (Å²) in [5, 5.41) is 3.38. The Morgan fingerprint density at radius 3 is 2.47 bits per heavy atom. The Kier molecular flexibility index (Phi) is 5.66. The number of nitrogens with one attached hydrogen (secondary N) is 1. The smallest absolute Gasteiger partial charge is 0.207 e. The average molecular weight is 518 g/mol. The summed E-state index contributed by atoms with van der Waals surface area (Å²) in [5.41, 5.74) is 19.3. The van der Waals surface area contributed by atoms with Crippen molar-refractivity contribution in [3.05, 3.63) is 112 Å². The van der Waals surface area contributed by atoms with Crippen LogP contribution in [0, 0.1) is 4.77 Å². The van der Waals surface area contributed by atoms with Crippen molar-refractivity contribution in [1.82, 2.24) is 9.55 Å². The molecule has 0 spiro atoms. The van der Waals surface area contributed by atoms with Crippen LogP contribution in [0.3, 0.4) is 0 Å². The third-order valence-corrected chi connectivity index (χ3v) is 6.93. The zero-order valence-electron chi connectivity index (χ0n) is 20.4. The number of ketones is 1. The molecule has 0 fully saturated rings. The highest BCUT2D eigenvalue weighted by Crippen LogP contribution is 2.44. The van der Waals surface area contributed by atoms with Gasteiger partial charge in [0.15, 0.2) is 5.78 Å². The number of hydrogen-bond acceptors (Lipinski definition) is 7. The van der Waals surface area contributed by atoms with Crippen LogP contribution in [0.5, 0.6) is 5.75 Å². The number of carbonyl (C=O) groups is 1. The molecule has 0 radical (unpaired) electrons. The molecule has 186 valence electrons. The maximum absolute atomic E-state index is 13.5. The number of anilines is 3. The van der Waals surface area contributed by atoms with Crippen LogP contribution in [-0.4, -0.2) is 22.4 Å². The fourth-order valence-corrected chi connectivity index (χ4v) is 5.15. The first-order chi connectivity index (χ1) is 18.5. The van der Waals surface area contributed by atoms with Crippen LogP contribution >= 0.6 is 12.2 Å². The Hall–Kier alpha value is -4.95. The minimum Gasteiger partial charge on any atom is -0.495 e. The first-order valence-electron chi connectivity index (χ1n) is 11.9. The van der Waals surface area contributed by atoms with Crippen LogP contribution < -0.4 is 21.5 Å². The highest BCUT2D eigenvalue weighted by Gasteiger charge is 2.29. The molecule has 0 saturated heterocycles. The molecule has 0 unspecified atom stereocenters. The van der Waals surface area contributed by atoms with Crippen molar-refractivity contribution in [2.75, 3.05) is 23.9 Å². The van der Waals surface area contributed by atoms with Gasteiger partial charge < -0.3 is 21.5 Å². The number of fused-ring (bicyclic) bond motifs is 2. The predicted octanol–water partition coefficient (Wildman–Crippen LogP) is 5.75. The van der Waals surface area contributed by atoms with Gasteiger partial charge in [-0.3, -0.25) is 9.36 Å². The van der Waals surface area contributed by atoms with E-state index in [1.807, 2.05) is 84.9 Å². The first kappa shape index (κ1) is 23.4. The lowest BCUT2D eigenvalue weighted by atomic mass is 9.84. The van der Waals surface area contributed by atoms with E-state index < -0.39 is 0 Å². The van der Waals surface area contributed by atoms with Gasteiger partial charge in [-0.05, 0) is 65.3 Å². The van der Waals surface area contributed by atoms with Crippen LogP contribution in [0.4, 0.5) is 17.3 Å². The second kappa shape index (κ2) is 9.17. The molecule has 1 aliphatic carbocycles. The lowest BCUT2D eigenvalue weighted by molar-refractivity contribution is -0.109. The van der Waals surface area contributed by atoms with E-state index in [1.54, 1.807) is 17.8 Å². The van der Waals surface area contributed by atoms with Gasteiger partial charge in [0.25, 0.3) is 0 Å². The number of nitrogens with two attached hydrogens (primary N) is 2. The summed E-state index contributed by atoms with van der Waals surface area (Å²) in [6.07, 6.45) is 5.35. The molecule has 7 nitrogen and oxygen atoms in total. The summed E-state index contributed by atoms with van der Waals surface area (Å²) in [6.45, 7) is 0. The van der Waals surface area contributed by atoms with Crippen molar-refractivity contribution in [1.29, 1.82) is 0 Å². The number of methoxy groups -OCH3 is 1. The van der Waals surface area contributed by atoms with Crippen LogP contribution in [0.1, 0.15) is 22.3 Å². The summed E-state index contributed by atoms with van der Waals surface area (Å²) >= 11 is 5.71. The van der Waals surface area contributed by atoms with Gasteiger partial charge in [-0.25, -0.2) is 4.98 Å². The molecule has 0 amide bonds. The number of ether oxygens (including phenoxy) is 1. The third-order valence-electron chi connectivity index (χ3n) is 6.65. The number of nitrogen functional groups attached to an aromatic ring is 2. The lowest BCUT2D eigenvalue weighted by Gasteiger charge is -2.27.